The molecule has 3 rings (SSSR count). The van der Waals surface area contributed by atoms with Crippen LogP contribution in [0.15, 0.2) is 54.6 Å². The van der Waals surface area contributed by atoms with E-state index < -0.39 is 17.9 Å². The first-order valence-electron chi connectivity index (χ1n) is 11.3. The van der Waals surface area contributed by atoms with Crippen molar-refractivity contribution in [3.05, 3.63) is 60.2 Å². The lowest BCUT2D eigenvalue weighted by atomic mass is 10.1. The largest absolute Gasteiger partial charge is 0.490 e. The predicted octanol–water partition coefficient (Wildman–Crippen LogP) is 2.05. The zero-order valence-corrected chi connectivity index (χ0v) is 19.2. The van der Waals surface area contributed by atoms with Gasteiger partial charge in [0.2, 0.25) is 5.91 Å². The van der Waals surface area contributed by atoms with Crippen LogP contribution < -0.4 is 14.8 Å². The Labute approximate surface area is 198 Å². The van der Waals surface area contributed by atoms with E-state index in [4.69, 9.17) is 18.9 Å². The highest BCUT2D eigenvalue weighted by molar-refractivity contribution is 6.01. The molecule has 1 saturated heterocycles. The van der Waals surface area contributed by atoms with Gasteiger partial charge in [-0.05, 0) is 31.2 Å². The molecule has 2 aromatic carbocycles. The van der Waals surface area contributed by atoms with Crippen LogP contribution in [0, 0.1) is 0 Å². The molecule has 9 heteroatoms. The predicted molar refractivity (Wildman–Crippen MR) is 124 cm³/mol. The minimum atomic E-state index is -0.972. The summed E-state index contributed by atoms with van der Waals surface area (Å²) in [6.45, 7) is 3.94. The summed E-state index contributed by atoms with van der Waals surface area (Å²) in [5.74, 6) is -0.293. The van der Waals surface area contributed by atoms with Gasteiger partial charge in [0, 0.05) is 19.7 Å². The fourth-order valence-corrected chi connectivity index (χ4v) is 3.49. The Hall–Kier alpha value is -3.59. The van der Waals surface area contributed by atoms with Crippen LogP contribution in [0.3, 0.4) is 0 Å². The zero-order valence-electron chi connectivity index (χ0n) is 19.2. The van der Waals surface area contributed by atoms with Crippen molar-refractivity contribution in [3.8, 4) is 11.5 Å². The normalized spacial score (nSPS) is 15.4. The number of hydrogen-bond acceptors (Lipinski definition) is 7. The van der Waals surface area contributed by atoms with Crippen molar-refractivity contribution >= 4 is 17.8 Å². The molecule has 0 radical (unpaired) electrons. The van der Waals surface area contributed by atoms with Gasteiger partial charge in [0.15, 0.2) is 0 Å². The molecular formula is C25H30N2O7. The van der Waals surface area contributed by atoms with Crippen LogP contribution in [0.2, 0.25) is 0 Å². The molecule has 1 N–H and O–H groups in total. The monoisotopic (exact) mass is 470 g/mol. The lowest BCUT2D eigenvalue weighted by Gasteiger charge is -2.34. The van der Waals surface area contributed by atoms with Gasteiger partial charge in [-0.2, -0.15) is 0 Å². The van der Waals surface area contributed by atoms with E-state index in [1.54, 1.807) is 36.4 Å². The number of para-hydroxylation sites is 2. The van der Waals surface area contributed by atoms with Gasteiger partial charge in [-0.25, -0.2) is 0 Å². The van der Waals surface area contributed by atoms with Crippen LogP contribution in [0.25, 0.3) is 0 Å². The minimum Gasteiger partial charge on any atom is -0.490 e. The van der Waals surface area contributed by atoms with Crippen LogP contribution in [0.1, 0.15) is 23.7 Å². The molecule has 1 heterocycles. The van der Waals surface area contributed by atoms with E-state index in [1.165, 1.54) is 4.90 Å². The average molecular weight is 471 g/mol. The van der Waals surface area contributed by atoms with Crippen molar-refractivity contribution in [1.29, 1.82) is 0 Å². The molecule has 2 amide bonds. The average Bonchev–Trinajstić information content (AvgIpc) is 2.86. The van der Waals surface area contributed by atoms with Crippen molar-refractivity contribution in [3.63, 3.8) is 0 Å². The Morgan fingerprint density at radius 3 is 2.50 bits per heavy atom. The van der Waals surface area contributed by atoms with Crippen LogP contribution in [0.4, 0.5) is 0 Å². The van der Waals surface area contributed by atoms with Gasteiger partial charge in [-0.1, -0.05) is 30.3 Å². The molecule has 0 spiro atoms. The molecule has 0 aliphatic carbocycles. The van der Waals surface area contributed by atoms with E-state index in [9.17, 15) is 14.4 Å². The van der Waals surface area contributed by atoms with Crippen LogP contribution >= 0.6 is 0 Å². The number of hydrogen-bond donors (Lipinski definition) is 1. The fraction of sp³-hybridized carbons (Fsp3) is 0.400. The first kappa shape index (κ1) is 25.0. The third kappa shape index (κ3) is 7.21. The van der Waals surface area contributed by atoms with Gasteiger partial charge >= 0.3 is 5.97 Å². The molecule has 0 bridgehead atoms. The fourth-order valence-electron chi connectivity index (χ4n) is 3.49. The Kier molecular flexibility index (Phi) is 9.72. The molecule has 182 valence electrons. The van der Waals surface area contributed by atoms with E-state index in [0.717, 1.165) is 0 Å². The molecule has 2 aromatic rings. The number of rotatable bonds is 12. The Morgan fingerprint density at radius 1 is 0.971 bits per heavy atom. The molecule has 34 heavy (non-hydrogen) atoms. The molecule has 0 aromatic heterocycles. The summed E-state index contributed by atoms with van der Waals surface area (Å²) in [6.07, 6.45) is -0.254. The van der Waals surface area contributed by atoms with Gasteiger partial charge in [-0.3, -0.25) is 14.4 Å². The first-order valence-corrected chi connectivity index (χ1v) is 11.3. The van der Waals surface area contributed by atoms with Crippen molar-refractivity contribution < 1.29 is 33.3 Å². The third-order valence-electron chi connectivity index (χ3n) is 5.12. The SMILES string of the molecule is CCOCCOc1ccccc1C(=O)N1CCNC(=O)C1CC(=O)OCCOc1ccccc1. The summed E-state index contributed by atoms with van der Waals surface area (Å²) in [4.78, 5) is 39.7. The van der Waals surface area contributed by atoms with Crippen LogP contribution in [-0.2, 0) is 19.1 Å². The van der Waals surface area contributed by atoms with Crippen molar-refractivity contribution in [2.75, 3.05) is 46.1 Å². The van der Waals surface area contributed by atoms with Gasteiger partial charge in [-0.15, -0.1) is 0 Å². The number of benzene rings is 2. The summed E-state index contributed by atoms with van der Waals surface area (Å²) in [7, 11) is 0. The summed E-state index contributed by atoms with van der Waals surface area (Å²) < 4.78 is 21.7. The molecule has 0 saturated carbocycles. The number of piperazine rings is 1. The number of nitrogens with zero attached hydrogens (tertiary/aromatic N) is 1. The number of esters is 1. The lowest BCUT2D eigenvalue weighted by molar-refractivity contribution is -0.148. The maximum Gasteiger partial charge on any atom is 0.308 e. The number of ether oxygens (including phenoxy) is 4. The number of carbonyl (C=O) groups is 3. The van der Waals surface area contributed by atoms with Crippen molar-refractivity contribution in [1.82, 2.24) is 10.2 Å². The lowest BCUT2D eigenvalue weighted by Crippen LogP contribution is -2.57. The highest BCUT2D eigenvalue weighted by atomic mass is 16.6. The smallest absolute Gasteiger partial charge is 0.308 e. The molecule has 1 atom stereocenters. The third-order valence-corrected chi connectivity index (χ3v) is 5.12. The van der Waals surface area contributed by atoms with E-state index in [2.05, 4.69) is 5.32 Å². The summed E-state index contributed by atoms with van der Waals surface area (Å²) in [6, 6.07) is 15.0. The van der Waals surface area contributed by atoms with Crippen LogP contribution in [-0.4, -0.2) is 74.8 Å². The van der Waals surface area contributed by atoms with E-state index >= 15 is 0 Å². The second-order valence-electron chi connectivity index (χ2n) is 7.43. The van der Waals surface area contributed by atoms with Crippen LogP contribution in [0.5, 0.6) is 11.5 Å². The molecule has 1 fully saturated rings. The second-order valence-corrected chi connectivity index (χ2v) is 7.43. The maximum atomic E-state index is 13.3. The zero-order chi connectivity index (χ0) is 24.2. The summed E-state index contributed by atoms with van der Waals surface area (Å²) in [5.41, 5.74) is 0.323. The maximum absolute atomic E-state index is 13.3. The summed E-state index contributed by atoms with van der Waals surface area (Å²) >= 11 is 0. The number of carbonyl (C=O) groups excluding carboxylic acids is 3. The Balaban J connectivity index is 1.58. The minimum absolute atomic E-state index is 0.0342. The molecule has 1 unspecified atom stereocenters. The van der Waals surface area contributed by atoms with E-state index in [-0.39, 0.29) is 32.1 Å². The second kappa shape index (κ2) is 13.2. The Morgan fingerprint density at radius 2 is 1.71 bits per heavy atom. The molecule has 1 aliphatic rings. The highest BCUT2D eigenvalue weighted by Crippen LogP contribution is 2.23. The van der Waals surface area contributed by atoms with Gasteiger partial charge in [0.25, 0.3) is 5.91 Å². The standard InChI is InChI=1S/C25H30N2O7/c1-2-31-14-15-33-22-11-7-6-10-20(22)25(30)27-13-12-26-24(29)21(27)18-23(28)34-17-16-32-19-8-4-3-5-9-19/h3-11,21H,2,12-18H2,1H3,(H,26,29). The number of nitrogens with one attached hydrogen (secondary N) is 1. The molecule has 1 aliphatic heterocycles. The number of amides is 2. The van der Waals surface area contributed by atoms with E-state index in [0.29, 0.717) is 43.4 Å². The van der Waals surface area contributed by atoms with Crippen molar-refractivity contribution in [2.45, 2.75) is 19.4 Å². The molecular weight excluding hydrogens is 440 g/mol. The summed E-state index contributed by atoms with van der Waals surface area (Å²) in [5, 5.41) is 2.71. The van der Waals surface area contributed by atoms with Crippen molar-refractivity contribution in [2.24, 2.45) is 0 Å². The van der Waals surface area contributed by atoms with Gasteiger partial charge in [0.05, 0.1) is 18.6 Å². The topological polar surface area (TPSA) is 103 Å². The first-order chi connectivity index (χ1) is 16.6. The highest BCUT2D eigenvalue weighted by Gasteiger charge is 2.36. The van der Waals surface area contributed by atoms with Gasteiger partial charge < -0.3 is 29.2 Å². The Bertz CT molecular complexity index is 951. The molecule has 9 nitrogen and oxygen atoms in total. The van der Waals surface area contributed by atoms with E-state index in [1.807, 2.05) is 25.1 Å². The van der Waals surface area contributed by atoms with Gasteiger partial charge in [0.1, 0.15) is 37.4 Å². The quantitative estimate of drug-likeness (QED) is 0.374.